The van der Waals surface area contributed by atoms with Gasteiger partial charge in [0.05, 0.1) is 0 Å². The lowest BCUT2D eigenvalue weighted by atomic mass is 10.1. The molecule has 2 nitrogen and oxygen atoms in total. The van der Waals surface area contributed by atoms with Crippen molar-refractivity contribution in [1.82, 2.24) is 4.90 Å². The van der Waals surface area contributed by atoms with Crippen LogP contribution in [0.2, 0.25) is 0 Å². The molecule has 0 aliphatic heterocycles. The molecule has 0 bridgehead atoms. The number of carbonyl (C=O) groups is 1. The van der Waals surface area contributed by atoms with Gasteiger partial charge >= 0.3 is 0 Å². The molecule has 0 atom stereocenters. The van der Waals surface area contributed by atoms with Crippen LogP contribution in [0.1, 0.15) is 22.3 Å². The molecule has 0 aliphatic rings. The molecule has 0 unspecified atom stereocenters. The summed E-state index contributed by atoms with van der Waals surface area (Å²) in [5.74, 6) is 0. The Morgan fingerprint density at radius 2 is 1.65 bits per heavy atom. The van der Waals surface area contributed by atoms with Crippen LogP contribution in [-0.2, 0) is 6.54 Å². The van der Waals surface area contributed by atoms with E-state index in [1.807, 2.05) is 38.4 Å². The smallest absolute Gasteiger partial charge is 0.150 e. The molecule has 4 heteroatoms. The number of hydrogen-bond donors (Lipinski definition) is 0. The van der Waals surface area contributed by atoms with Crippen molar-refractivity contribution >= 4 is 38.1 Å². The van der Waals surface area contributed by atoms with Gasteiger partial charge in [-0.2, -0.15) is 0 Å². The van der Waals surface area contributed by atoms with Crippen molar-refractivity contribution < 1.29 is 4.79 Å². The predicted molar refractivity (Wildman–Crippen MR) is 81.4 cm³/mol. The molecule has 0 fully saturated rings. The molecule has 0 saturated heterocycles. The Morgan fingerprint density at radius 1 is 1.12 bits per heavy atom. The van der Waals surface area contributed by atoms with Gasteiger partial charge in [0.25, 0.3) is 0 Å². The van der Waals surface area contributed by atoms with Crippen LogP contribution in [0.15, 0.2) is 24.3 Å². The molecule has 1 aromatic carbocycles. The molecular formula is C13H19Br2NO. The minimum Gasteiger partial charge on any atom is -0.305 e. The lowest BCUT2D eigenvalue weighted by molar-refractivity contribution is 0.112. The van der Waals surface area contributed by atoms with Crippen LogP contribution in [0.4, 0.5) is 0 Å². The van der Waals surface area contributed by atoms with Crippen molar-refractivity contribution in [2.24, 2.45) is 0 Å². The molecule has 1 aromatic rings. The normalized spacial score (nSPS) is 9.71. The van der Waals surface area contributed by atoms with Gasteiger partial charge in [0.15, 0.2) is 0 Å². The van der Waals surface area contributed by atoms with Gasteiger partial charge in [-0.25, -0.2) is 0 Å². The summed E-state index contributed by atoms with van der Waals surface area (Å²) in [6.07, 6.45) is 2.08. The van der Waals surface area contributed by atoms with E-state index < -0.39 is 0 Å². The number of aldehydes is 1. The molecule has 0 N–H and O–H groups in total. The summed E-state index contributed by atoms with van der Waals surface area (Å²) in [7, 11) is 4.04. The molecule has 0 heterocycles. The second kappa shape index (κ2) is 10.9. The second-order valence-corrected chi connectivity index (χ2v) is 5.41. The fourth-order valence-electron chi connectivity index (χ4n) is 1.12. The summed E-state index contributed by atoms with van der Waals surface area (Å²) in [6.45, 7) is 0.916. The lowest BCUT2D eigenvalue weighted by Gasteiger charge is -2.08. The van der Waals surface area contributed by atoms with Crippen LogP contribution in [0.3, 0.4) is 0 Å². The number of nitrogens with zero attached hydrogens (tertiary/aromatic N) is 1. The lowest BCUT2D eigenvalue weighted by Crippen LogP contribution is -2.10. The Hall–Kier alpha value is -0.190. The molecule has 17 heavy (non-hydrogen) atoms. The van der Waals surface area contributed by atoms with Crippen LogP contribution in [-0.4, -0.2) is 35.9 Å². The van der Waals surface area contributed by atoms with Crippen LogP contribution < -0.4 is 0 Å². The zero-order valence-electron chi connectivity index (χ0n) is 10.3. The third-order valence-corrected chi connectivity index (χ3v) is 3.00. The molecule has 1 rings (SSSR count). The molecule has 0 spiro atoms. The van der Waals surface area contributed by atoms with Gasteiger partial charge in [0.1, 0.15) is 6.29 Å². The Labute approximate surface area is 121 Å². The molecule has 0 aromatic heterocycles. The summed E-state index contributed by atoms with van der Waals surface area (Å²) < 4.78 is 0. The predicted octanol–water partition coefficient (Wildman–Crippen LogP) is 3.73. The van der Waals surface area contributed by atoms with Gasteiger partial charge in [-0.3, -0.25) is 4.79 Å². The van der Waals surface area contributed by atoms with E-state index in [1.165, 1.54) is 12.0 Å². The highest BCUT2D eigenvalue weighted by molar-refractivity contribution is 9.09. The Balaban J connectivity index is 0.000000437. The monoisotopic (exact) mass is 363 g/mol. The Bertz CT molecular complexity index is 297. The first-order valence-electron chi connectivity index (χ1n) is 5.44. The average Bonchev–Trinajstić information content (AvgIpc) is 2.31. The number of benzene rings is 1. The molecule has 0 amide bonds. The first-order chi connectivity index (χ1) is 8.13. The van der Waals surface area contributed by atoms with E-state index in [-0.39, 0.29) is 0 Å². The summed E-state index contributed by atoms with van der Waals surface area (Å²) >= 11 is 6.56. The van der Waals surface area contributed by atoms with E-state index in [9.17, 15) is 4.79 Å². The zero-order valence-corrected chi connectivity index (χ0v) is 13.5. The van der Waals surface area contributed by atoms with Crippen LogP contribution >= 0.6 is 31.9 Å². The standard InChI is InChI=1S/C10H13NO.C3H6Br2/c1-11(2)7-9-3-5-10(8-12)6-4-9;4-2-1-3-5/h3-6,8H,7H2,1-2H3;1-3H2. The van der Waals surface area contributed by atoms with Gasteiger partial charge in [-0.15, -0.1) is 0 Å². The number of hydrogen-bond acceptors (Lipinski definition) is 2. The first-order valence-corrected chi connectivity index (χ1v) is 7.69. The van der Waals surface area contributed by atoms with Crippen molar-refractivity contribution in [1.29, 1.82) is 0 Å². The molecule has 0 radical (unpaired) electrons. The maximum atomic E-state index is 10.3. The summed E-state index contributed by atoms with van der Waals surface area (Å²) in [4.78, 5) is 12.4. The summed E-state index contributed by atoms with van der Waals surface area (Å²) in [5.41, 5.74) is 1.96. The van der Waals surface area contributed by atoms with Crippen molar-refractivity contribution in [2.75, 3.05) is 24.8 Å². The van der Waals surface area contributed by atoms with Crippen molar-refractivity contribution in [3.8, 4) is 0 Å². The van der Waals surface area contributed by atoms with E-state index in [0.717, 1.165) is 29.1 Å². The van der Waals surface area contributed by atoms with Gasteiger partial charge in [0, 0.05) is 22.8 Å². The molecule has 0 saturated carbocycles. The van der Waals surface area contributed by atoms with Crippen LogP contribution in [0.5, 0.6) is 0 Å². The van der Waals surface area contributed by atoms with Gasteiger partial charge in [0.2, 0.25) is 0 Å². The summed E-state index contributed by atoms with van der Waals surface area (Å²) in [6, 6.07) is 7.63. The number of halogens is 2. The van der Waals surface area contributed by atoms with E-state index in [2.05, 4.69) is 36.8 Å². The highest BCUT2D eigenvalue weighted by Crippen LogP contribution is 2.03. The SMILES string of the molecule is BrCCCBr.CN(C)Cc1ccc(C=O)cc1. The fraction of sp³-hybridized carbons (Fsp3) is 0.462. The Morgan fingerprint density at radius 3 is 1.94 bits per heavy atom. The van der Waals surface area contributed by atoms with E-state index in [0.29, 0.717) is 0 Å². The van der Waals surface area contributed by atoms with Crippen molar-refractivity contribution in [3.05, 3.63) is 35.4 Å². The largest absolute Gasteiger partial charge is 0.305 e. The maximum absolute atomic E-state index is 10.3. The van der Waals surface area contributed by atoms with Crippen LogP contribution in [0.25, 0.3) is 0 Å². The highest BCUT2D eigenvalue weighted by Gasteiger charge is 1.94. The van der Waals surface area contributed by atoms with Crippen molar-refractivity contribution in [2.45, 2.75) is 13.0 Å². The number of alkyl halides is 2. The third kappa shape index (κ3) is 9.51. The van der Waals surface area contributed by atoms with E-state index >= 15 is 0 Å². The van der Waals surface area contributed by atoms with E-state index in [4.69, 9.17) is 0 Å². The third-order valence-electron chi connectivity index (χ3n) is 1.88. The number of rotatable bonds is 5. The van der Waals surface area contributed by atoms with Crippen molar-refractivity contribution in [3.63, 3.8) is 0 Å². The average molecular weight is 365 g/mol. The molecule has 96 valence electrons. The first kappa shape index (κ1) is 16.8. The Kier molecular flexibility index (Phi) is 10.8. The summed E-state index contributed by atoms with van der Waals surface area (Å²) in [5, 5.41) is 2.22. The topological polar surface area (TPSA) is 20.3 Å². The highest BCUT2D eigenvalue weighted by atomic mass is 79.9. The fourth-order valence-corrected chi connectivity index (χ4v) is 2.43. The number of carbonyl (C=O) groups excluding carboxylic acids is 1. The van der Waals surface area contributed by atoms with Gasteiger partial charge < -0.3 is 4.90 Å². The maximum Gasteiger partial charge on any atom is 0.150 e. The molecular weight excluding hydrogens is 346 g/mol. The quantitative estimate of drug-likeness (QED) is 0.586. The second-order valence-electron chi connectivity index (χ2n) is 3.83. The minimum absolute atomic E-state index is 0.734. The molecule has 0 aliphatic carbocycles. The van der Waals surface area contributed by atoms with Crippen LogP contribution in [0, 0.1) is 0 Å². The van der Waals surface area contributed by atoms with Gasteiger partial charge in [-0.1, -0.05) is 56.1 Å². The van der Waals surface area contributed by atoms with Gasteiger partial charge in [-0.05, 0) is 26.1 Å². The van der Waals surface area contributed by atoms with E-state index in [1.54, 1.807) is 0 Å². The minimum atomic E-state index is 0.734. The zero-order chi connectivity index (χ0) is 13.1.